The molecule has 0 saturated carbocycles. The third kappa shape index (κ3) is 4.82. The van der Waals surface area contributed by atoms with Gasteiger partial charge in [0.1, 0.15) is 5.58 Å². The highest BCUT2D eigenvalue weighted by Crippen LogP contribution is 2.45. The smallest absolute Gasteiger partial charge is 0.159 e. The van der Waals surface area contributed by atoms with E-state index in [4.69, 9.17) is 14.4 Å². The summed E-state index contributed by atoms with van der Waals surface area (Å²) in [5.74, 6) is 0. The van der Waals surface area contributed by atoms with Gasteiger partial charge in [0.2, 0.25) is 0 Å². The molecule has 4 aromatic heterocycles. The quantitative estimate of drug-likeness (QED) is 0.167. The molecule has 0 saturated heterocycles. The third-order valence-electron chi connectivity index (χ3n) is 13.1. The van der Waals surface area contributed by atoms with Crippen LogP contribution in [0.5, 0.6) is 0 Å². The molecule has 0 bridgehead atoms. The average molecular weight is 803 g/mol. The summed E-state index contributed by atoms with van der Waals surface area (Å²) in [4.78, 5) is 11.2. The van der Waals surface area contributed by atoms with Gasteiger partial charge in [0.15, 0.2) is 5.58 Å². The Morgan fingerprint density at radius 1 is 0.333 bits per heavy atom. The van der Waals surface area contributed by atoms with Crippen LogP contribution < -0.4 is 0 Å². The van der Waals surface area contributed by atoms with E-state index in [1.165, 1.54) is 32.3 Å². The van der Waals surface area contributed by atoms with E-state index < -0.39 is 0 Å². The molecule has 0 aliphatic rings. The number of nitrogens with zero attached hydrogens (tertiary/aromatic N) is 4. The zero-order valence-corrected chi connectivity index (χ0v) is 33.8. The molecule has 0 spiro atoms. The first-order chi connectivity index (χ1) is 31.3. The summed E-state index contributed by atoms with van der Waals surface area (Å²) in [7, 11) is 0. The summed E-state index contributed by atoms with van der Waals surface area (Å²) in [5.41, 5.74) is 13.8. The third-order valence-corrected chi connectivity index (χ3v) is 13.1. The van der Waals surface area contributed by atoms with Crippen LogP contribution in [0.3, 0.4) is 0 Å². The lowest BCUT2D eigenvalue weighted by Crippen LogP contribution is -2.00. The number of rotatable bonds is 4. The highest BCUT2D eigenvalue weighted by Gasteiger charge is 2.24. The number of hydrogen-bond donors (Lipinski definition) is 0. The summed E-state index contributed by atoms with van der Waals surface area (Å²) in [6.07, 6.45) is 0. The fraction of sp³-hybridized carbons (Fsp3) is 0. The van der Waals surface area contributed by atoms with Crippen molar-refractivity contribution in [3.05, 3.63) is 206 Å². The van der Waals surface area contributed by atoms with Crippen molar-refractivity contribution >= 4 is 98.1 Å². The molecule has 63 heavy (non-hydrogen) atoms. The molecule has 14 rings (SSSR count). The fourth-order valence-electron chi connectivity index (χ4n) is 10.4. The Balaban J connectivity index is 1.09. The maximum Gasteiger partial charge on any atom is 0.159 e. The van der Waals surface area contributed by atoms with E-state index in [9.17, 15) is 0 Å². The first kappa shape index (κ1) is 34.2. The minimum atomic E-state index is 0.840. The summed E-state index contributed by atoms with van der Waals surface area (Å²) in [6, 6.07) is 73.4. The molecule has 0 aliphatic carbocycles. The summed E-state index contributed by atoms with van der Waals surface area (Å²) >= 11 is 0. The Morgan fingerprint density at radius 2 is 0.825 bits per heavy atom. The van der Waals surface area contributed by atoms with E-state index in [1.54, 1.807) is 0 Å². The first-order valence-corrected chi connectivity index (χ1v) is 21.4. The van der Waals surface area contributed by atoms with Gasteiger partial charge in [-0.1, -0.05) is 170 Å². The standard InChI is InChI=1S/C58H34N4O/c1-2-16-35(17-3-1)52-53(60-55-44-26-7-5-21-39(44)38-20-4-6-25-43(38)54(55)59-52)36-18-14-19-37(34-36)61-48-28-11-8-22-40(48)45-32-33-46-41-23-9-12-29-49(41)62(57(46)56(45)61)50-30-15-27-47-42-24-10-13-31-51(42)63-58(47)50/h1-34H. The number of para-hydroxylation sites is 4. The number of hydrogen-bond acceptors (Lipinski definition) is 3. The van der Waals surface area contributed by atoms with E-state index in [2.05, 4.69) is 209 Å². The van der Waals surface area contributed by atoms with E-state index in [-0.39, 0.29) is 0 Å². The van der Waals surface area contributed by atoms with Gasteiger partial charge in [-0.3, -0.25) is 0 Å². The van der Waals surface area contributed by atoms with Crippen molar-refractivity contribution in [2.45, 2.75) is 0 Å². The van der Waals surface area contributed by atoms with Crippen molar-refractivity contribution in [3.8, 4) is 33.9 Å². The molecule has 5 heteroatoms. The molecule has 0 radical (unpaired) electrons. The minimum absolute atomic E-state index is 0.840. The molecule has 0 fully saturated rings. The molecule has 0 unspecified atom stereocenters. The van der Waals surface area contributed by atoms with Gasteiger partial charge in [0, 0.05) is 59.9 Å². The molecular formula is C58H34N4O. The summed E-state index contributed by atoms with van der Waals surface area (Å²) in [5, 5.41) is 11.5. The van der Waals surface area contributed by atoms with E-state index >= 15 is 0 Å². The highest BCUT2D eigenvalue weighted by atomic mass is 16.3. The van der Waals surface area contributed by atoms with Gasteiger partial charge in [-0.15, -0.1) is 0 Å². The fourth-order valence-corrected chi connectivity index (χ4v) is 10.4. The van der Waals surface area contributed by atoms with Crippen LogP contribution in [0, 0.1) is 0 Å². The molecule has 14 aromatic rings. The number of aromatic nitrogens is 4. The molecule has 0 amide bonds. The molecule has 0 N–H and O–H groups in total. The van der Waals surface area contributed by atoms with Crippen molar-refractivity contribution in [1.82, 2.24) is 19.1 Å². The van der Waals surface area contributed by atoms with Crippen molar-refractivity contribution in [1.29, 1.82) is 0 Å². The number of benzene rings is 10. The highest BCUT2D eigenvalue weighted by molar-refractivity contribution is 6.25. The molecule has 5 nitrogen and oxygen atoms in total. The van der Waals surface area contributed by atoms with Crippen LogP contribution >= 0.6 is 0 Å². The first-order valence-electron chi connectivity index (χ1n) is 21.4. The van der Waals surface area contributed by atoms with Gasteiger partial charge in [-0.25, -0.2) is 9.97 Å². The Labute approximate surface area is 360 Å². The van der Waals surface area contributed by atoms with Gasteiger partial charge >= 0.3 is 0 Å². The molecule has 0 aliphatic heterocycles. The van der Waals surface area contributed by atoms with Crippen LogP contribution in [-0.4, -0.2) is 19.1 Å². The number of fused-ring (bicyclic) bond motifs is 16. The SMILES string of the molecule is c1ccc(-c2nc3c4ccccc4c4ccccc4c3nc2-c2cccc(-n3c4ccccc4c4ccc5c6ccccc6n(-c6cccc7c6oc6ccccc67)c5c43)c2)cc1. The predicted molar refractivity (Wildman–Crippen MR) is 261 cm³/mol. The second-order valence-corrected chi connectivity index (χ2v) is 16.4. The van der Waals surface area contributed by atoms with Gasteiger partial charge in [-0.2, -0.15) is 0 Å². The van der Waals surface area contributed by atoms with E-state index in [0.29, 0.717) is 0 Å². The lowest BCUT2D eigenvalue weighted by molar-refractivity contribution is 0.666. The average Bonchev–Trinajstić information content (AvgIpc) is 4.02. The van der Waals surface area contributed by atoms with Crippen LogP contribution in [0.4, 0.5) is 0 Å². The van der Waals surface area contributed by atoms with Gasteiger partial charge < -0.3 is 13.6 Å². The second-order valence-electron chi connectivity index (χ2n) is 16.4. The van der Waals surface area contributed by atoms with Crippen molar-refractivity contribution < 1.29 is 4.42 Å². The molecule has 0 atom stereocenters. The zero-order chi connectivity index (χ0) is 41.2. The van der Waals surface area contributed by atoms with Crippen LogP contribution in [0.1, 0.15) is 0 Å². The van der Waals surface area contributed by atoms with Crippen molar-refractivity contribution in [3.63, 3.8) is 0 Å². The van der Waals surface area contributed by atoms with Crippen LogP contribution in [-0.2, 0) is 0 Å². The monoisotopic (exact) mass is 802 g/mol. The Morgan fingerprint density at radius 3 is 1.51 bits per heavy atom. The second kappa shape index (κ2) is 13.0. The molecule has 292 valence electrons. The van der Waals surface area contributed by atoms with Gasteiger partial charge in [0.25, 0.3) is 0 Å². The van der Waals surface area contributed by atoms with Crippen molar-refractivity contribution in [2.75, 3.05) is 0 Å². The van der Waals surface area contributed by atoms with Gasteiger partial charge in [-0.05, 0) is 47.2 Å². The predicted octanol–water partition coefficient (Wildman–Crippen LogP) is 15.4. The van der Waals surface area contributed by atoms with Crippen LogP contribution in [0.2, 0.25) is 0 Å². The molecular weight excluding hydrogens is 769 g/mol. The lowest BCUT2D eigenvalue weighted by Gasteiger charge is -2.16. The normalized spacial score (nSPS) is 12.1. The lowest BCUT2D eigenvalue weighted by atomic mass is 9.97. The number of furan rings is 1. The molecule has 4 heterocycles. The van der Waals surface area contributed by atoms with Gasteiger partial charge in [0.05, 0.1) is 50.2 Å². The Kier molecular flexibility index (Phi) is 7.05. The topological polar surface area (TPSA) is 48.8 Å². The van der Waals surface area contributed by atoms with Crippen LogP contribution in [0.15, 0.2) is 211 Å². The van der Waals surface area contributed by atoms with E-state index in [0.717, 1.165) is 99.7 Å². The molecule has 10 aromatic carbocycles. The summed E-state index contributed by atoms with van der Waals surface area (Å²) in [6.45, 7) is 0. The Hall–Kier alpha value is -8.54. The Bertz CT molecular complexity index is 4210. The zero-order valence-electron chi connectivity index (χ0n) is 33.8. The maximum atomic E-state index is 6.74. The van der Waals surface area contributed by atoms with Crippen LogP contribution in [0.25, 0.3) is 132 Å². The largest absolute Gasteiger partial charge is 0.454 e. The minimum Gasteiger partial charge on any atom is -0.454 e. The summed E-state index contributed by atoms with van der Waals surface area (Å²) < 4.78 is 11.6. The van der Waals surface area contributed by atoms with Crippen molar-refractivity contribution in [2.24, 2.45) is 0 Å². The van der Waals surface area contributed by atoms with E-state index in [1.807, 2.05) is 6.07 Å². The maximum absolute atomic E-state index is 6.74.